The molecule has 0 atom stereocenters. The first-order valence-corrected chi connectivity index (χ1v) is 9.56. The van der Waals surface area contributed by atoms with Crippen molar-refractivity contribution in [2.45, 2.75) is 57.5 Å². The summed E-state index contributed by atoms with van der Waals surface area (Å²) in [4.78, 5) is 25.4. The summed E-state index contributed by atoms with van der Waals surface area (Å²) < 4.78 is 13.8. The molecule has 1 aromatic carbocycles. The van der Waals surface area contributed by atoms with Crippen LogP contribution in [0.25, 0.3) is 0 Å². The van der Waals surface area contributed by atoms with Crippen LogP contribution in [-0.2, 0) is 11.3 Å². The molecule has 1 aliphatic carbocycles. The Morgan fingerprint density at radius 2 is 2.00 bits per heavy atom. The highest BCUT2D eigenvalue weighted by molar-refractivity contribution is 6.31. The lowest BCUT2D eigenvalue weighted by atomic mass is 9.96. The summed E-state index contributed by atoms with van der Waals surface area (Å²) in [6.07, 6.45) is 6.46. The highest BCUT2D eigenvalue weighted by Gasteiger charge is 2.16. The van der Waals surface area contributed by atoms with Gasteiger partial charge in [0.15, 0.2) is 0 Å². The standard InChI is InChI=1S/C19H27ClFN3O2/c1-24(13-15-16(20)9-5-10-17(15)21)18(25)11-6-12-22-19(26)23-14-7-3-2-4-8-14/h5,9-10,14H,2-4,6-8,11-13H2,1H3,(H2,22,23,26). The number of urea groups is 1. The smallest absolute Gasteiger partial charge is 0.315 e. The van der Waals surface area contributed by atoms with Crippen LogP contribution in [-0.4, -0.2) is 36.5 Å². The molecule has 0 heterocycles. The highest BCUT2D eigenvalue weighted by atomic mass is 35.5. The second-order valence-electron chi connectivity index (χ2n) is 6.79. The lowest BCUT2D eigenvalue weighted by Crippen LogP contribution is -2.43. The summed E-state index contributed by atoms with van der Waals surface area (Å²) in [6, 6.07) is 4.56. The average Bonchev–Trinajstić information content (AvgIpc) is 2.62. The Kier molecular flexibility index (Phi) is 8.16. The maximum Gasteiger partial charge on any atom is 0.315 e. The average molecular weight is 384 g/mol. The predicted octanol–water partition coefficient (Wildman–Crippen LogP) is 3.85. The minimum Gasteiger partial charge on any atom is -0.341 e. The van der Waals surface area contributed by atoms with E-state index in [-0.39, 0.29) is 30.9 Å². The van der Waals surface area contributed by atoms with Crippen LogP contribution in [0, 0.1) is 5.82 Å². The van der Waals surface area contributed by atoms with Crippen molar-refractivity contribution in [3.05, 3.63) is 34.6 Å². The van der Waals surface area contributed by atoms with Crippen LogP contribution in [0.2, 0.25) is 5.02 Å². The normalized spacial score (nSPS) is 14.7. The molecule has 0 aromatic heterocycles. The molecule has 0 unspecified atom stereocenters. The molecule has 3 amide bonds. The molecule has 1 aliphatic rings. The third kappa shape index (κ3) is 6.48. The Hall–Kier alpha value is -1.82. The molecule has 0 radical (unpaired) electrons. The van der Waals surface area contributed by atoms with E-state index in [2.05, 4.69) is 10.6 Å². The van der Waals surface area contributed by atoms with E-state index in [1.165, 1.54) is 23.5 Å². The number of hydrogen-bond acceptors (Lipinski definition) is 2. The maximum atomic E-state index is 13.8. The van der Waals surface area contributed by atoms with Crippen molar-refractivity contribution in [1.29, 1.82) is 0 Å². The van der Waals surface area contributed by atoms with Crippen LogP contribution in [0.5, 0.6) is 0 Å². The number of benzene rings is 1. The molecule has 1 fully saturated rings. The zero-order valence-electron chi connectivity index (χ0n) is 15.2. The number of hydrogen-bond donors (Lipinski definition) is 2. The van der Waals surface area contributed by atoms with Crippen molar-refractivity contribution in [2.24, 2.45) is 0 Å². The van der Waals surface area contributed by atoms with Crippen LogP contribution >= 0.6 is 11.6 Å². The minimum absolute atomic E-state index is 0.112. The molecule has 26 heavy (non-hydrogen) atoms. The summed E-state index contributed by atoms with van der Waals surface area (Å²) in [5, 5.41) is 6.07. The first-order valence-electron chi connectivity index (χ1n) is 9.18. The monoisotopic (exact) mass is 383 g/mol. The molecule has 0 aliphatic heterocycles. The Labute approximate surface area is 159 Å². The molecule has 0 spiro atoms. The van der Waals surface area contributed by atoms with Crippen molar-refractivity contribution < 1.29 is 14.0 Å². The number of nitrogens with one attached hydrogen (secondary N) is 2. The van der Waals surface area contributed by atoms with E-state index < -0.39 is 5.82 Å². The molecule has 144 valence electrons. The minimum atomic E-state index is -0.418. The Morgan fingerprint density at radius 3 is 2.69 bits per heavy atom. The summed E-state index contributed by atoms with van der Waals surface area (Å²) in [5.74, 6) is -0.531. The van der Waals surface area contributed by atoms with Gasteiger partial charge in [0.1, 0.15) is 5.82 Å². The van der Waals surface area contributed by atoms with Crippen LogP contribution < -0.4 is 10.6 Å². The molecule has 0 saturated heterocycles. The van der Waals surface area contributed by atoms with Gasteiger partial charge in [-0.1, -0.05) is 36.9 Å². The fourth-order valence-electron chi connectivity index (χ4n) is 3.12. The Balaban J connectivity index is 1.65. The zero-order chi connectivity index (χ0) is 18.9. The molecule has 2 rings (SSSR count). The van der Waals surface area contributed by atoms with E-state index >= 15 is 0 Å². The van der Waals surface area contributed by atoms with Gasteiger partial charge < -0.3 is 15.5 Å². The maximum absolute atomic E-state index is 13.8. The highest BCUT2D eigenvalue weighted by Crippen LogP contribution is 2.20. The summed E-state index contributed by atoms with van der Waals surface area (Å²) in [5.41, 5.74) is 0.315. The number of nitrogens with zero attached hydrogens (tertiary/aromatic N) is 1. The molecule has 1 aromatic rings. The van der Waals surface area contributed by atoms with Crippen molar-refractivity contribution in [3.63, 3.8) is 0 Å². The summed E-state index contributed by atoms with van der Waals surface area (Å²) >= 11 is 5.99. The molecule has 7 heteroatoms. The van der Waals surface area contributed by atoms with Crippen LogP contribution in [0.3, 0.4) is 0 Å². The van der Waals surface area contributed by atoms with E-state index in [1.54, 1.807) is 13.1 Å². The van der Waals surface area contributed by atoms with Crippen LogP contribution in [0.4, 0.5) is 9.18 Å². The largest absolute Gasteiger partial charge is 0.341 e. The summed E-state index contributed by atoms with van der Waals surface area (Å²) in [6.45, 7) is 0.554. The van der Waals surface area contributed by atoms with Gasteiger partial charge in [0.05, 0.1) is 0 Å². The lowest BCUT2D eigenvalue weighted by molar-refractivity contribution is -0.130. The first kappa shape index (κ1) is 20.5. The van der Waals surface area contributed by atoms with Gasteiger partial charge in [-0.15, -0.1) is 0 Å². The van der Waals surface area contributed by atoms with Gasteiger partial charge in [-0.2, -0.15) is 0 Å². The van der Waals surface area contributed by atoms with Gasteiger partial charge in [-0.3, -0.25) is 4.79 Å². The fraction of sp³-hybridized carbons (Fsp3) is 0.579. The van der Waals surface area contributed by atoms with Gasteiger partial charge in [-0.05, 0) is 31.4 Å². The first-order chi connectivity index (χ1) is 12.5. The van der Waals surface area contributed by atoms with Gasteiger partial charge in [0, 0.05) is 43.2 Å². The molecule has 0 bridgehead atoms. The van der Waals surface area contributed by atoms with Gasteiger partial charge in [0.2, 0.25) is 5.91 Å². The molecular formula is C19H27ClFN3O2. The predicted molar refractivity (Wildman–Crippen MR) is 101 cm³/mol. The zero-order valence-corrected chi connectivity index (χ0v) is 15.9. The number of halogens is 2. The molecule has 2 N–H and O–H groups in total. The Morgan fingerprint density at radius 1 is 1.27 bits per heavy atom. The third-order valence-corrected chi connectivity index (χ3v) is 5.03. The van der Waals surface area contributed by atoms with Crippen molar-refractivity contribution >= 4 is 23.5 Å². The molecular weight excluding hydrogens is 357 g/mol. The number of rotatable bonds is 7. The van der Waals surface area contributed by atoms with Crippen molar-refractivity contribution in [3.8, 4) is 0 Å². The van der Waals surface area contributed by atoms with E-state index in [9.17, 15) is 14.0 Å². The SMILES string of the molecule is CN(Cc1c(F)cccc1Cl)C(=O)CCCNC(=O)NC1CCCCC1. The van der Waals surface area contributed by atoms with Crippen molar-refractivity contribution in [1.82, 2.24) is 15.5 Å². The molecule has 1 saturated carbocycles. The van der Waals surface area contributed by atoms with E-state index in [0.29, 0.717) is 23.6 Å². The fourth-order valence-corrected chi connectivity index (χ4v) is 3.35. The van der Waals surface area contributed by atoms with Crippen LogP contribution in [0.15, 0.2) is 18.2 Å². The van der Waals surface area contributed by atoms with Gasteiger partial charge in [-0.25, -0.2) is 9.18 Å². The third-order valence-electron chi connectivity index (χ3n) is 4.68. The number of amides is 3. The summed E-state index contributed by atoms with van der Waals surface area (Å²) in [7, 11) is 1.62. The van der Waals surface area contributed by atoms with Gasteiger partial charge in [0.25, 0.3) is 0 Å². The van der Waals surface area contributed by atoms with E-state index in [1.807, 2.05) is 0 Å². The van der Waals surface area contributed by atoms with Crippen LogP contribution in [0.1, 0.15) is 50.5 Å². The lowest BCUT2D eigenvalue weighted by Gasteiger charge is -2.23. The van der Waals surface area contributed by atoms with E-state index in [0.717, 1.165) is 25.7 Å². The van der Waals surface area contributed by atoms with Gasteiger partial charge >= 0.3 is 6.03 Å². The quantitative estimate of drug-likeness (QED) is 0.702. The second kappa shape index (κ2) is 10.4. The van der Waals surface area contributed by atoms with E-state index in [4.69, 9.17) is 11.6 Å². The van der Waals surface area contributed by atoms with Crippen molar-refractivity contribution in [2.75, 3.05) is 13.6 Å². The topological polar surface area (TPSA) is 61.4 Å². The second-order valence-corrected chi connectivity index (χ2v) is 7.20. The Bertz CT molecular complexity index is 601. The molecule has 5 nitrogen and oxygen atoms in total. The number of carbonyl (C=O) groups excluding carboxylic acids is 2. The number of carbonyl (C=O) groups is 2.